The molecule has 1 amide bonds. The zero-order valence-electron chi connectivity index (χ0n) is 18.6. The van der Waals surface area contributed by atoms with Crippen LogP contribution in [0.5, 0.6) is 17.2 Å². The minimum atomic E-state index is -3.91. The van der Waals surface area contributed by atoms with E-state index >= 15 is 0 Å². The highest BCUT2D eigenvalue weighted by atomic mass is 35.5. The van der Waals surface area contributed by atoms with Gasteiger partial charge in [-0.3, -0.25) is 4.79 Å². The normalized spacial score (nSPS) is 22.8. The molecule has 0 aromatic heterocycles. The topological polar surface area (TPSA) is 94.1 Å². The van der Waals surface area contributed by atoms with Crippen LogP contribution in [0, 0.1) is 5.92 Å². The largest absolute Gasteiger partial charge is 0.586 e. The summed E-state index contributed by atoms with van der Waals surface area (Å²) in [6, 6.07) is 7.09. The van der Waals surface area contributed by atoms with Gasteiger partial charge in [-0.1, -0.05) is 31.0 Å². The Hall–Kier alpha value is -3.07. The molecule has 0 bridgehead atoms. The Morgan fingerprint density at radius 3 is 2.50 bits per heavy atom. The van der Waals surface area contributed by atoms with Crippen LogP contribution in [0.4, 0.5) is 8.78 Å². The first kappa shape index (κ1) is 24.1. The van der Waals surface area contributed by atoms with Gasteiger partial charge in [0.1, 0.15) is 11.3 Å². The van der Waals surface area contributed by atoms with Gasteiger partial charge in [0.25, 0.3) is 5.91 Å². The quantitative estimate of drug-likeness (QED) is 0.550. The fourth-order valence-electron chi connectivity index (χ4n) is 4.49. The molecule has 34 heavy (non-hydrogen) atoms. The molecule has 0 saturated heterocycles. The molecule has 2 aromatic carbocycles. The van der Waals surface area contributed by atoms with Crippen molar-refractivity contribution < 1.29 is 37.7 Å². The number of hydrogen-bond acceptors (Lipinski definition) is 5. The minimum Gasteiger partial charge on any atom is -0.495 e. The molecule has 1 saturated carbocycles. The number of fused-ring (bicyclic) bond motifs is 1. The SMILES string of the molecule is CC[C@H]1CC[C@@](NC(=O)c2cc3c(c(-c4ccc(OC)c(Cl)c4)c2)OC(F)(F)O3)(C(=O)O)CC1. The van der Waals surface area contributed by atoms with Crippen LogP contribution in [0.2, 0.25) is 5.02 Å². The number of carbonyl (C=O) groups is 2. The van der Waals surface area contributed by atoms with E-state index in [2.05, 4.69) is 14.8 Å². The molecule has 182 valence electrons. The first-order valence-corrected chi connectivity index (χ1v) is 11.3. The fraction of sp³-hybridized carbons (Fsp3) is 0.417. The minimum absolute atomic E-state index is 0.0415. The molecular formula is C24H24ClF2NO6. The number of carbonyl (C=O) groups excluding carboxylic acids is 1. The number of nitrogens with one attached hydrogen (secondary N) is 1. The van der Waals surface area contributed by atoms with Gasteiger partial charge in [-0.2, -0.15) is 0 Å². The molecule has 0 radical (unpaired) electrons. The Bertz CT molecular complexity index is 1130. The summed E-state index contributed by atoms with van der Waals surface area (Å²) < 4.78 is 42.2. The Morgan fingerprint density at radius 2 is 1.91 bits per heavy atom. The predicted octanol–water partition coefficient (Wildman–Crippen LogP) is 5.49. The standard InChI is InChI=1S/C24H24ClF2NO6/c1-3-13-6-8-23(9-7-13,22(30)31)28-21(29)15-10-16(14-4-5-18(32-2)17(25)11-14)20-19(12-15)33-24(26,27)34-20/h4-5,10-13H,3,6-9H2,1-2H3,(H,28,29)(H,30,31)/t13-,23-. The third kappa shape index (κ3) is 4.49. The van der Waals surface area contributed by atoms with Crippen LogP contribution >= 0.6 is 11.6 Å². The van der Waals surface area contributed by atoms with E-state index in [9.17, 15) is 23.5 Å². The highest BCUT2D eigenvalue weighted by Crippen LogP contribution is 2.49. The molecule has 1 aliphatic heterocycles. The molecule has 0 spiro atoms. The van der Waals surface area contributed by atoms with E-state index < -0.39 is 23.7 Å². The van der Waals surface area contributed by atoms with Gasteiger partial charge in [0.15, 0.2) is 11.5 Å². The zero-order chi connectivity index (χ0) is 24.7. The smallest absolute Gasteiger partial charge is 0.495 e. The van der Waals surface area contributed by atoms with Crippen LogP contribution in [0.3, 0.4) is 0 Å². The molecular weight excluding hydrogens is 472 g/mol. The molecule has 2 N–H and O–H groups in total. The Balaban J connectivity index is 1.71. The number of amides is 1. The van der Waals surface area contributed by atoms with Crippen LogP contribution in [0.15, 0.2) is 30.3 Å². The third-order valence-corrected chi connectivity index (χ3v) is 6.82. The predicted molar refractivity (Wildman–Crippen MR) is 120 cm³/mol. The number of methoxy groups -OCH3 is 1. The van der Waals surface area contributed by atoms with E-state index in [0.29, 0.717) is 30.1 Å². The number of carboxylic acids is 1. The second-order valence-corrected chi connectivity index (χ2v) is 8.97. The first-order valence-electron chi connectivity index (χ1n) is 10.9. The summed E-state index contributed by atoms with van der Waals surface area (Å²) in [6.45, 7) is 2.05. The summed E-state index contributed by atoms with van der Waals surface area (Å²) in [5, 5.41) is 12.8. The maximum Gasteiger partial charge on any atom is 0.586 e. The summed E-state index contributed by atoms with van der Waals surface area (Å²) in [5.41, 5.74) is -0.940. The average molecular weight is 496 g/mol. The molecule has 1 heterocycles. The van der Waals surface area contributed by atoms with Gasteiger partial charge in [-0.15, -0.1) is 8.78 Å². The number of halogens is 3. The van der Waals surface area contributed by atoms with E-state index in [4.69, 9.17) is 16.3 Å². The van der Waals surface area contributed by atoms with Crippen molar-refractivity contribution in [2.75, 3.05) is 7.11 Å². The van der Waals surface area contributed by atoms with Crippen LogP contribution in [-0.4, -0.2) is 35.9 Å². The zero-order valence-corrected chi connectivity index (χ0v) is 19.4. The van der Waals surface area contributed by atoms with Crippen LogP contribution < -0.4 is 19.5 Å². The van der Waals surface area contributed by atoms with Gasteiger partial charge < -0.3 is 24.6 Å². The van der Waals surface area contributed by atoms with Crippen molar-refractivity contribution in [2.45, 2.75) is 50.9 Å². The molecule has 1 fully saturated rings. The second kappa shape index (κ2) is 8.94. The van der Waals surface area contributed by atoms with Crippen molar-refractivity contribution in [2.24, 2.45) is 5.92 Å². The summed E-state index contributed by atoms with van der Waals surface area (Å²) in [4.78, 5) is 25.3. The van der Waals surface area contributed by atoms with Crippen molar-refractivity contribution in [1.82, 2.24) is 5.32 Å². The first-order chi connectivity index (χ1) is 16.1. The van der Waals surface area contributed by atoms with Crippen LogP contribution in [0.25, 0.3) is 11.1 Å². The monoisotopic (exact) mass is 495 g/mol. The van der Waals surface area contributed by atoms with Gasteiger partial charge in [0, 0.05) is 11.1 Å². The Kier molecular flexibility index (Phi) is 6.33. The lowest BCUT2D eigenvalue weighted by Crippen LogP contribution is -2.56. The number of ether oxygens (including phenoxy) is 3. The summed E-state index contributed by atoms with van der Waals surface area (Å²) in [5.74, 6) is -1.63. The van der Waals surface area contributed by atoms with Crippen molar-refractivity contribution in [3.8, 4) is 28.4 Å². The van der Waals surface area contributed by atoms with Crippen molar-refractivity contribution in [1.29, 1.82) is 0 Å². The van der Waals surface area contributed by atoms with Crippen molar-refractivity contribution in [3.63, 3.8) is 0 Å². The fourth-order valence-corrected chi connectivity index (χ4v) is 4.75. The Labute approximate surface area is 199 Å². The van der Waals surface area contributed by atoms with Gasteiger partial charge in [0.05, 0.1) is 12.1 Å². The number of hydrogen-bond donors (Lipinski definition) is 2. The highest BCUT2D eigenvalue weighted by Gasteiger charge is 2.46. The molecule has 2 aliphatic rings. The second-order valence-electron chi connectivity index (χ2n) is 8.56. The van der Waals surface area contributed by atoms with Crippen molar-refractivity contribution in [3.05, 3.63) is 40.9 Å². The molecule has 7 nitrogen and oxygen atoms in total. The maximum atomic E-state index is 13.9. The van der Waals surface area contributed by atoms with Gasteiger partial charge in [0.2, 0.25) is 0 Å². The van der Waals surface area contributed by atoms with E-state index in [1.165, 1.54) is 19.2 Å². The van der Waals surface area contributed by atoms with Gasteiger partial charge in [-0.25, -0.2) is 4.79 Å². The third-order valence-electron chi connectivity index (χ3n) is 6.53. The molecule has 2 aromatic rings. The summed E-state index contributed by atoms with van der Waals surface area (Å²) >= 11 is 6.20. The number of alkyl halides is 2. The van der Waals surface area contributed by atoms with Gasteiger partial charge in [-0.05, 0) is 61.4 Å². The summed E-state index contributed by atoms with van der Waals surface area (Å²) in [7, 11) is 1.44. The highest BCUT2D eigenvalue weighted by molar-refractivity contribution is 6.32. The maximum absolute atomic E-state index is 13.9. The van der Waals surface area contributed by atoms with Crippen LogP contribution in [-0.2, 0) is 4.79 Å². The molecule has 4 rings (SSSR count). The van der Waals surface area contributed by atoms with Crippen LogP contribution in [0.1, 0.15) is 49.4 Å². The summed E-state index contributed by atoms with van der Waals surface area (Å²) in [6.07, 6.45) is -1.05. The number of benzene rings is 2. The molecule has 1 aliphatic carbocycles. The van der Waals surface area contributed by atoms with Crippen molar-refractivity contribution >= 4 is 23.5 Å². The van der Waals surface area contributed by atoms with E-state index in [1.54, 1.807) is 12.1 Å². The lowest BCUT2D eigenvalue weighted by atomic mass is 9.75. The van der Waals surface area contributed by atoms with Gasteiger partial charge >= 0.3 is 12.3 Å². The number of aliphatic carboxylic acids is 1. The number of rotatable bonds is 6. The molecule has 0 atom stereocenters. The Morgan fingerprint density at radius 1 is 1.21 bits per heavy atom. The number of carboxylic acid groups (broad SMARTS) is 1. The molecule has 0 unspecified atom stereocenters. The average Bonchev–Trinajstić information content (AvgIpc) is 3.12. The van der Waals surface area contributed by atoms with E-state index in [0.717, 1.165) is 12.5 Å². The van der Waals surface area contributed by atoms with E-state index in [-0.39, 0.29) is 40.5 Å². The lowest BCUT2D eigenvalue weighted by molar-refractivity contribution is -0.286. The van der Waals surface area contributed by atoms with E-state index in [1.807, 2.05) is 6.92 Å². The lowest BCUT2D eigenvalue weighted by Gasteiger charge is -2.37. The molecule has 10 heteroatoms.